The van der Waals surface area contributed by atoms with Crippen molar-refractivity contribution in [2.75, 3.05) is 6.61 Å². The normalized spacial score (nSPS) is 13.9. The van der Waals surface area contributed by atoms with Gasteiger partial charge in [-0.25, -0.2) is 0 Å². The number of hydrogen-bond donors (Lipinski definition) is 2. The lowest BCUT2D eigenvalue weighted by molar-refractivity contribution is -0.123. The summed E-state index contributed by atoms with van der Waals surface area (Å²) in [5, 5.41) is 13.1. The SMILES string of the molecule is CC(C(=O)NC(CO)c1ccco1)c1cc2ccccc2o1. The van der Waals surface area contributed by atoms with Crippen molar-refractivity contribution in [3.05, 3.63) is 60.2 Å². The minimum absolute atomic E-state index is 0.227. The van der Waals surface area contributed by atoms with E-state index in [9.17, 15) is 9.90 Å². The largest absolute Gasteiger partial charge is 0.467 e. The van der Waals surface area contributed by atoms with Crippen molar-refractivity contribution in [2.45, 2.75) is 18.9 Å². The van der Waals surface area contributed by atoms with Gasteiger partial charge in [0.2, 0.25) is 5.91 Å². The molecule has 3 rings (SSSR count). The van der Waals surface area contributed by atoms with E-state index in [0.29, 0.717) is 11.5 Å². The number of fused-ring (bicyclic) bond motifs is 1. The highest BCUT2D eigenvalue weighted by atomic mass is 16.3. The number of carbonyl (C=O) groups is 1. The average molecular weight is 299 g/mol. The second-order valence-corrected chi connectivity index (χ2v) is 5.17. The fraction of sp³-hybridized carbons (Fsp3) is 0.235. The summed E-state index contributed by atoms with van der Waals surface area (Å²) in [7, 11) is 0. The van der Waals surface area contributed by atoms with E-state index in [4.69, 9.17) is 8.83 Å². The van der Waals surface area contributed by atoms with Crippen LogP contribution >= 0.6 is 0 Å². The van der Waals surface area contributed by atoms with E-state index in [1.807, 2.05) is 30.3 Å². The average Bonchev–Trinajstić information content (AvgIpc) is 3.20. The van der Waals surface area contributed by atoms with Gasteiger partial charge in [-0.3, -0.25) is 4.79 Å². The molecule has 22 heavy (non-hydrogen) atoms. The number of furan rings is 2. The number of rotatable bonds is 5. The van der Waals surface area contributed by atoms with Gasteiger partial charge < -0.3 is 19.3 Å². The first-order chi connectivity index (χ1) is 10.7. The first-order valence-corrected chi connectivity index (χ1v) is 7.12. The van der Waals surface area contributed by atoms with Crippen LogP contribution in [0.4, 0.5) is 0 Å². The van der Waals surface area contributed by atoms with Gasteiger partial charge in [0.15, 0.2) is 0 Å². The van der Waals surface area contributed by atoms with Crippen LogP contribution in [0.25, 0.3) is 11.0 Å². The molecule has 0 saturated heterocycles. The molecule has 1 amide bonds. The Labute approximate surface area is 127 Å². The van der Waals surface area contributed by atoms with Gasteiger partial charge in [0.1, 0.15) is 23.1 Å². The molecule has 1 aromatic carbocycles. The molecule has 0 fully saturated rings. The van der Waals surface area contributed by atoms with Crippen LogP contribution in [0.5, 0.6) is 0 Å². The maximum atomic E-state index is 12.4. The Balaban J connectivity index is 1.76. The monoisotopic (exact) mass is 299 g/mol. The third kappa shape index (κ3) is 2.76. The highest BCUT2D eigenvalue weighted by molar-refractivity contribution is 5.85. The van der Waals surface area contributed by atoms with Crippen LogP contribution in [-0.4, -0.2) is 17.6 Å². The van der Waals surface area contributed by atoms with Gasteiger partial charge in [-0.05, 0) is 31.2 Å². The van der Waals surface area contributed by atoms with E-state index in [1.54, 1.807) is 19.1 Å². The van der Waals surface area contributed by atoms with E-state index in [0.717, 1.165) is 11.0 Å². The Bertz CT molecular complexity index is 727. The topological polar surface area (TPSA) is 75.6 Å². The zero-order valence-corrected chi connectivity index (χ0v) is 12.2. The van der Waals surface area contributed by atoms with E-state index < -0.39 is 12.0 Å². The smallest absolute Gasteiger partial charge is 0.231 e. The Morgan fingerprint density at radius 3 is 2.73 bits per heavy atom. The molecule has 2 atom stereocenters. The van der Waals surface area contributed by atoms with E-state index in [-0.39, 0.29) is 12.5 Å². The van der Waals surface area contributed by atoms with Crippen LogP contribution in [-0.2, 0) is 4.79 Å². The van der Waals surface area contributed by atoms with Gasteiger partial charge in [0.25, 0.3) is 0 Å². The number of nitrogens with one attached hydrogen (secondary N) is 1. The van der Waals surface area contributed by atoms with Crippen LogP contribution in [0, 0.1) is 0 Å². The van der Waals surface area contributed by atoms with Crippen LogP contribution in [0.1, 0.15) is 30.4 Å². The molecule has 0 aliphatic rings. The minimum atomic E-state index is -0.561. The Hall–Kier alpha value is -2.53. The summed E-state index contributed by atoms with van der Waals surface area (Å²) in [6.07, 6.45) is 1.51. The van der Waals surface area contributed by atoms with Crippen LogP contribution in [0.15, 0.2) is 57.6 Å². The van der Waals surface area contributed by atoms with E-state index in [2.05, 4.69) is 5.32 Å². The van der Waals surface area contributed by atoms with Crippen molar-refractivity contribution < 1.29 is 18.7 Å². The summed E-state index contributed by atoms with van der Waals surface area (Å²) >= 11 is 0. The van der Waals surface area contributed by atoms with Gasteiger partial charge in [-0.15, -0.1) is 0 Å². The zero-order chi connectivity index (χ0) is 15.5. The molecule has 0 saturated carbocycles. The van der Waals surface area contributed by atoms with Crippen LogP contribution in [0.2, 0.25) is 0 Å². The Morgan fingerprint density at radius 2 is 2.05 bits per heavy atom. The van der Waals surface area contributed by atoms with Crippen molar-refractivity contribution in [3.63, 3.8) is 0 Å². The van der Waals surface area contributed by atoms with Gasteiger partial charge in [-0.2, -0.15) is 0 Å². The molecular weight excluding hydrogens is 282 g/mol. The van der Waals surface area contributed by atoms with Crippen molar-refractivity contribution in [3.8, 4) is 0 Å². The fourth-order valence-corrected chi connectivity index (χ4v) is 2.34. The predicted octanol–water partition coefficient (Wildman–Crippen LogP) is 2.98. The van der Waals surface area contributed by atoms with Gasteiger partial charge in [-0.1, -0.05) is 18.2 Å². The lowest BCUT2D eigenvalue weighted by Crippen LogP contribution is -2.33. The second-order valence-electron chi connectivity index (χ2n) is 5.17. The number of carbonyl (C=O) groups excluding carboxylic acids is 1. The molecule has 5 heteroatoms. The van der Waals surface area contributed by atoms with Gasteiger partial charge >= 0.3 is 0 Å². The molecule has 2 heterocycles. The fourth-order valence-electron chi connectivity index (χ4n) is 2.34. The summed E-state index contributed by atoms with van der Waals surface area (Å²) in [6.45, 7) is 1.54. The maximum Gasteiger partial charge on any atom is 0.231 e. The molecule has 0 bridgehead atoms. The number of benzene rings is 1. The number of aliphatic hydroxyl groups excluding tert-OH is 1. The number of hydrogen-bond acceptors (Lipinski definition) is 4. The quantitative estimate of drug-likeness (QED) is 0.759. The Morgan fingerprint density at radius 1 is 1.23 bits per heavy atom. The summed E-state index contributed by atoms with van der Waals surface area (Å²) in [5.74, 6) is 0.424. The molecule has 5 nitrogen and oxygen atoms in total. The highest BCUT2D eigenvalue weighted by Gasteiger charge is 2.23. The van der Waals surface area contributed by atoms with Gasteiger partial charge in [0, 0.05) is 5.39 Å². The lowest BCUT2D eigenvalue weighted by atomic mass is 10.1. The van der Waals surface area contributed by atoms with Gasteiger partial charge in [0.05, 0.1) is 18.8 Å². The number of amides is 1. The Kier molecular flexibility index (Phi) is 3.98. The van der Waals surface area contributed by atoms with E-state index in [1.165, 1.54) is 6.26 Å². The summed E-state index contributed by atoms with van der Waals surface area (Å²) in [4.78, 5) is 12.4. The number of para-hydroxylation sites is 1. The zero-order valence-electron chi connectivity index (χ0n) is 12.2. The third-order valence-electron chi connectivity index (χ3n) is 3.65. The molecule has 2 aromatic heterocycles. The number of aliphatic hydroxyl groups is 1. The van der Waals surface area contributed by atoms with E-state index >= 15 is 0 Å². The molecule has 0 aliphatic heterocycles. The van der Waals surface area contributed by atoms with Crippen LogP contribution in [0.3, 0.4) is 0 Å². The minimum Gasteiger partial charge on any atom is -0.467 e. The standard InChI is InChI=1S/C17H17NO4/c1-11(16-9-12-5-2-3-6-14(12)22-16)17(20)18-13(10-19)15-7-4-8-21-15/h2-9,11,13,19H,10H2,1H3,(H,18,20). The second kappa shape index (κ2) is 6.07. The first-order valence-electron chi connectivity index (χ1n) is 7.12. The molecule has 0 aliphatic carbocycles. The molecule has 2 unspecified atom stereocenters. The summed E-state index contributed by atoms with van der Waals surface area (Å²) < 4.78 is 10.9. The third-order valence-corrected chi connectivity index (χ3v) is 3.65. The molecule has 0 spiro atoms. The van der Waals surface area contributed by atoms with Crippen molar-refractivity contribution in [1.82, 2.24) is 5.32 Å². The maximum absolute atomic E-state index is 12.4. The lowest BCUT2D eigenvalue weighted by Gasteiger charge is -2.16. The summed E-state index contributed by atoms with van der Waals surface area (Å²) in [5.41, 5.74) is 0.752. The van der Waals surface area contributed by atoms with Crippen LogP contribution < -0.4 is 5.32 Å². The first kappa shape index (κ1) is 14.4. The van der Waals surface area contributed by atoms with Crippen molar-refractivity contribution in [1.29, 1.82) is 0 Å². The molecular formula is C17H17NO4. The highest BCUT2D eigenvalue weighted by Crippen LogP contribution is 2.25. The summed E-state index contributed by atoms with van der Waals surface area (Å²) in [6, 6.07) is 12.3. The molecule has 0 radical (unpaired) electrons. The van der Waals surface area contributed by atoms with Crippen molar-refractivity contribution in [2.24, 2.45) is 0 Å². The molecule has 3 aromatic rings. The predicted molar refractivity (Wildman–Crippen MR) is 81.3 cm³/mol. The molecule has 2 N–H and O–H groups in total. The molecule has 114 valence electrons. The van der Waals surface area contributed by atoms with Crippen molar-refractivity contribution >= 4 is 16.9 Å².